The summed E-state index contributed by atoms with van der Waals surface area (Å²) in [5, 5.41) is 3.02. The molecular weight excluding hydrogens is 305 g/mol. The predicted octanol–water partition coefficient (Wildman–Crippen LogP) is 2.17. The summed E-state index contributed by atoms with van der Waals surface area (Å²) in [5.74, 6) is -0.310. The van der Waals surface area contributed by atoms with Crippen molar-refractivity contribution in [2.75, 3.05) is 18.4 Å². The van der Waals surface area contributed by atoms with Crippen LogP contribution in [0.5, 0.6) is 0 Å². The van der Waals surface area contributed by atoms with Gasteiger partial charge in [0.1, 0.15) is 10.7 Å². The van der Waals surface area contributed by atoms with Crippen LogP contribution in [0, 0.1) is 5.82 Å². The van der Waals surface area contributed by atoms with Gasteiger partial charge in [-0.3, -0.25) is 4.98 Å². The lowest BCUT2D eigenvalue weighted by atomic mass is 10.1. The lowest BCUT2D eigenvalue weighted by molar-refractivity contribution is 0.581. The second-order valence-corrected chi connectivity index (χ2v) is 6.48. The van der Waals surface area contributed by atoms with Crippen molar-refractivity contribution in [2.45, 2.75) is 18.2 Å². The van der Waals surface area contributed by atoms with E-state index >= 15 is 0 Å². The molecule has 0 atom stereocenters. The van der Waals surface area contributed by atoms with Crippen LogP contribution in [0.4, 0.5) is 10.1 Å². The number of rotatable bonds is 7. The predicted molar refractivity (Wildman–Crippen MR) is 83.7 cm³/mol. The highest BCUT2D eigenvalue weighted by atomic mass is 32.2. The van der Waals surface area contributed by atoms with Gasteiger partial charge in [0, 0.05) is 19.3 Å². The highest BCUT2D eigenvalue weighted by molar-refractivity contribution is 7.89. The number of anilines is 1. The molecular formula is C15H18FN3O2S. The number of nitrogens with one attached hydrogen (secondary N) is 2. The van der Waals surface area contributed by atoms with Crippen LogP contribution < -0.4 is 10.0 Å². The molecule has 7 heteroatoms. The Morgan fingerprint density at radius 3 is 2.59 bits per heavy atom. The van der Waals surface area contributed by atoms with Gasteiger partial charge < -0.3 is 5.32 Å². The van der Waals surface area contributed by atoms with Gasteiger partial charge >= 0.3 is 0 Å². The smallest absolute Gasteiger partial charge is 0.242 e. The number of sulfonamides is 1. The van der Waals surface area contributed by atoms with Crippen molar-refractivity contribution in [1.82, 2.24) is 9.71 Å². The van der Waals surface area contributed by atoms with E-state index in [1.807, 2.05) is 6.92 Å². The third-order valence-corrected chi connectivity index (χ3v) is 4.45. The molecule has 0 saturated heterocycles. The molecule has 2 N–H and O–H groups in total. The molecule has 5 nitrogen and oxygen atoms in total. The van der Waals surface area contributed by atoms with Gasteiger partial charge in [-0.15, -0.1) is 0 Å². The molecule has 0 spiro atoms. The number of benzene rings is 1. The van der Waals surface area contributed by atoms with Crippen molar-refractivity contribution < 1.29 is 12.8 Å². The number of halogens is 1. The second kappa shape index (κ2) is 7.33. The third-order valence-electron chi connectivity index (χ3n) is 3.02. The minimum atomic E-state index is -3.61. The molecule has 1 aromatic carbocycles. The Hall–Kier alpha value is -1.99. The van der Waals surface area contributed by atoms with Crippen LogP contribution in [-0.2, 0) is 16.4 Å². The number of hydrogen-bond donors (Lipinski definition) is 2. The maximum Gasteiger partial charge on any atom is 0.242 e. The number of aromatic nitrogens is 1. The van der Waals surface area contributed by atoms with E-state index in [-0.39, 0.29) is 17.3 Å². The van der Waals surface area contributed by atoms with Gasteiger partial charge in [0.15, 0.2) is 0 Å². The van der Waals surface area contributed by atoms with Crippen LogP contribution in [0.3, 0.4) is 0 Å². The second-order valence-electron chi connectivity index (χ2n) is 4.71. The van der Waals surface area contributed by atoms with E-state index in [0.717, 1.165) is 5.56 Å². The Kier molecular flexibility index (Phi) is 5.46. The van der Waals surface area contributed by atoms with Crippen LogP contribution in [0.15, 0.2) is 47.6 Å². The quantitative estimate of drug-likeness (QED) is 0.819. The summed E-state index contributed by atoms with van der Waals surface area (Å²) in [6.45, 7) is 2.84. The molecule has 0 amide bonds. The molecule has 0 unspecified atom stereocenters. The highest BCUT2D eigenvalue weighted by Crippen LogP contribution is 2.13. The van der Waals surface area contributed by atoms with Gasteiger partial charge in [-0.2, -0.15) is 0 Å². The lowest BCUT2D eigenvalue weighted by Gasteiger charge is -2.08. The zero-order chi connectivity index (χ0) is 16.0. The molecule has 2 rings (SSSR count). The summed E-state index contributed by atoms with van der Waals surface area (Å²) in [7, 11) is -3.61. The molecule has 1 aromatic heterocycles. The molecule has 2 aromatic rings. The zero-order valence-electron chi connectivity index (χ0n) is 12.2. The van der Waals surface area contributed by atoms with Gasteiger partial charge in [0.2, 0.25) is 10.0 Å². The van der Waals surface area contributed by atoms with Crippen LogP contribution in [0.1, 0.15) is 12.5 Å². The van der Waals surface area contributed by atoms with Crippen molar-refractivity contribution in [1.29, 1.82) is 0 Å². The van der Waals surface area contributed by atoms with Crippen molar-refractivity contribution in [3.63, 3.8) is 0 Å². The largest absolute Gasteiger partial charge is 0.384 e. The molecule has 22 heavy (non-hydrogen) atoms. The fourth-order valence-electron chi connectivity index (χ4n) is 1.93. The Bertz CT molecular complexity index is 718. The van der Waals surface area contributed by atoms with Crippen LogP contribution in [0.2, 0.25) is 0 Å². The Morgan fingerprint density at radius 2 is 1.91 bits per heavy atom. The van der Waals surface area contributed by atoms with E-state index in [1.165, 1.54) is 24.4 Å². The highest BCUT2D eigenvalue weighted by Gasteiger charge is 2.14. The van der Waals surface area contributed by atoms with E-state index < -0.39 is 10.0 Å². The van der Waals surface area contributed by atoms with Crippen LogP contribution >= 0.6 is 0 Å². The maximum absolute atomic E-state index is 12.8. The molecule has 118 valence electrons. The Labute approximate surface area is 129 Å². The van der Waals surface area contributed by atoms with E-state index in [0.29, 0.717) is 18.7 Å². The maximum atomic E-state index is 12.8. The normalized spacial score (nSPS) is 11.4. The number of hydrogen-bond acceptors (Lipinski definition) is 4. The first-order chi connectivity index (χ1) is 10.5. The summed E-state index contributed by atoms with van der Waals surface area (Å²) >= 11 is 0. The van der Waals surface area contributed by atoms with E-state index in [2.05, 4.69) is 15.0 Å². The SMILES string of the molecule is CCNc1cncc(S(=O)(=O)NCCc2ccc(F)cc2)c1. The first-order valence-electron chi connectivity index (χ1n) is 6.94. The summed E-state index contributed by atoms with van der Waals surface area (Å²) < 4.78 is 39.7. The van der Waals surface area contributed by atoms with E-state index in [4.69, 9.17) is 0 Å². The zero-order valence-corrected chi connectivity index (χ0v) is 13.0. The van der Waals surface area contributed by atoms with Gasteiger partial charge in [-0.25, -0.2) is 17.5 Å². The van der Waals surface area contributed by atoms with Crippen molar-refractivity contribution in [3.05, 3.63) is 54.1 Å². The molecule has 0 aliphatic rings. The fourth-order valence-corrected chi connectivity index (χ4v) is 2.95. The number of nitrogens with zero attached hydrogens (tertiary/aromatic N) is 1. The van der Waals surface area contributed by atoms with Crippen molar-refractivity contribution in [2.24, 2.45) is 0 Å². The van der Waals surface area contributed by atoms with Gasteiger partial charge in [0.05, 0.1) is 11.9 Å². The first-order valence-corrected chi connectivity index (χ1v) is 8.42. The summed E-state index contributed by atoms with van der Waals surface area (Å²) in [4.78, 5) is 4.04. The Balaban J connectivity index is 1.98. The van der Waals surface area contributed by atoms with Crippen molar-refractivity contribution in [3.8, 4) is 0 Å². The van der Waals surface area contributed by atoms with E-state index in [9.17, 15) is 12.8 Å². The summed E-state index contributed by atoms with van der Waals surface area (Å²) in [6, 6.07) is 7.52. The minimum Gasteiger partial charge on any atom is -0.384 e. The van der Waals surface area contributed by atoms with Gasteiger partial charge in [0.25, 0.3) is 0 Å². The minimum absolute atomic E-state index is 0.116. The molecule has 1 heterocycles. The van der Waals surface area contributed by atoms with E-state index in [1.54, 1.807) is 18.3 Å². The summed E-state index contributed by atoms with van der Waals surface area (Å²) in [6.07, 6.45) is 3.36. The van der Waals surface area contributed by atoms with Gasteiger partial charge in [-0.1, -0.05) is 12.1 Å². The topological polar surface area (TPSA) is 71.1 Å². The average molecular weight is 323 g/mol. The third kappa shape index (κ3) is 4.51. The van der Waals surface area contributed by atoms with Crippen LogP contribution in [-0.4, -0.2) is 26.5 Å². The molecule has 0 aliphatic carbocycles. The standard InChI is InChI=1S/C15H18FN3O2S/c1-2-18-14-9-15(11-17-10-14)22(20,21)19-8-7-12-3-5-13(16)6-4-12/h3-6,9-11,18-19H,2,7-8H2,1H3. The van der Waals surface area contributed by atoms with Crippen molar-refractivity contribution >= 4 is 15.7 Å². The van der Waals surface area contributed by atoms with Gasteiger partial charge in [-0.05, 0) is 37.1 Å². The molecule has 0 saturated carbocycles. The lowest BCUT2D eigenvalue weighted by Crippen LogP contribution is -2.26. The summed E-state index contributed by atoms with van der Waals surface area (Å²) in [5.41, 5.74) is 1.52. The molecule has 0 bridgehead atoms. The average Bonchev–Trinajstić information content (AvgIpc) is 2.50. The fraction of sp³-hybridized carbons (Fsp3) is 0.267. The monoisotopic (exact) mass is 323 g/mol. The molecule has 0 aliphatic heterocycles. The Morgan fingerprint density at radius 1 is 1.18 bits per heavy atom. The first kappa shape index (κ1) is 16.4. The molecule has 0 fully saturated rings. The molecule has 0 radical (unpaired) electrons. The van der Waals surface area contributed by atoms with Crippen LogP contribution in [0.25, 0.3) is 0 Å². The number of pyridine rings is 1.